The van der Waals surface area contributed by atoms with Crippen LogP contribution in [0.25, 0.3) is 16.4 Å². The minimum Gasteiger partial charge on any atom is -0.347 e. The zero-order valence-corrected chi connectivity index (χ0v) is 15.0. The van der Waals surface area contributed by atoms with E-state index in [0.717, 1.165) is 28.9 Å². The van der Waals surface area contributed by atoms with E-state index in [1.807, 2.05) is 48.7 Å². The maximum Gasteiger partial charge on any atom is 0.270 e. The summed E-state index contributed by atoms with van der Waals surface area (Å²) in [5.41, 5.74) is 4.49. The normalized spacial score (nSPS) is 11.2. The van der Waals surface area contributed by atoms with Gasteiger partial charge in [0.25, 0.3) is 5.91 Å². The highest BCUT2D eigenvalue weighted by Crippen LogP contribution is 2.17. The van der Waals surface area contributed by atoms with Gasteiger partial charge in [0.15, 0.2) is 0 Å². The van der Waals surface area contributed by atoms with Gasteiger partial charge < -0.3 is 5.32 Å². The highest BCUT2D eigenvalue weighted by Gasteiger charge is 2.18. The van der Waals surface area contributed by atoms with Crippen LogP contribution in [0.1, 0.15) is 34.2 Å². The zero-order chi connectivity index (χ0) is 18.1. The van der Waals surface area contributed by atoms with Crippen molar-refractivity contribution in [3.8, 4) is 0 Å². The largest absolute Gasteiger partial charge is 0.347 e. The molecule has 2 aromatic heterocycles. The lowest BCUT2D eigenvalue weighted by molar-refractivity contribution is 0.0944. The fourth-order valence-corrected chi connectivity index (χ4v) is 3.30. The molecule has 0 aliphatic heterocycles. The first-order chi connectivity index (χ1) is 12.7. The average molecular weight is 343 g/mol. The molecular formula is C22H21N3O. The predicted molar refractivity (Wildman–Crippen MR) is 104 cm³/mol. The van der Waals surface area contributed by atoms with Crippen LogP contribution in [0.2, 0.25) is 0 Å². The lowest BCUT2D eigenvalue weighted by Crippen LogP contribution is -2.25. The summed E-state index contributed by atoms with van der Waals surface area (Å²) in [6.45, 7) is 4.54. The van der Waals surface area contributed by atoms with Crippen LogP contribution in [0.3, 0.4) is 0 Å². The number of hydrogen-bond donors (Lipinski definition) is 1. The van der Waals surface area contributed by atoms with Crippen molar-refractivity contribution in [1.82, 2.24) is 14.7 Å². The molecule has 0 unspecified atom stereocenters. The molecule has 4 heteroatoms. The van der Waals surface area contributed by atoms with Gasteiger partial charge in [-0.25, -0.2) is 4.98 Å². The molecule has 0 saturated heterocycles. The van der Waals surface area contributed by atoms with Crippen LogP contribution in [0.15, 0.2) is 60.8 Å². The average Bonchev–Trinajstić information content (AvgIpc) is 3.03. The first-order valence-electron chi connectivity index (χ1n) is 8.89. The minimum absolute atomic E-state index is 0.0913. The number of nitrogens with zero attached hydrogens (tertiary/aromatic N) is 2. The summed E-state index contributed by atoms with van der Waals surface area (Å²) < 4.78 is 1.88. The van der Waals surface area contributed by atoms with E-state index in [9.17, 15) is 4.79 Å². The fourth-order valence-electron chi connectivity index (χ4n) is 3.30. The Morgan fingerprint density at radius 1 is 1.08 bits per heavy atom. The summed E-state index contributed by atoms with van der Waals surface area (Å²) in [7, 11) is 0. The Hall–Kier alpha value is -3.14. The van der Waals surface area contributed by atoms with Crippen LogP contribution >= 0.6 is 0 Å². The molecule has 4 rings (SSSR count). The summed E-state index contributed by atoms with van der Waals surface area (Å²) in [6, 6.07) is 18.5. The number of aryl methyl sites for hydroxylation is 2. The first-order valence-corrected chi connectivity index (χ1v) is 8.89. The minimum atomic E-state index is -0.0913. The van der Waals surface area contributed by atoms with Crippen molar-refractivity contribution in [2.24, 2.45) is 0 Å². The smallest absolute Gasteiger partial charge is 0.270 e. The number of carbonyl (C=O) groups is 1. The molecule has 0 aliphatic carbocycles. The van der Waals surface area contributed by atoms with Gasteiger partial charge in [-0.3, -0.25) is 9.20 Å². The van der Waals surface area contributed by atoms with E-state index in [1.165, 1.54) is 10.8 Å². The lowest BCUT2D eigenvalue weighted by Gasteiger charge is -2.08. The van der Waals surface area contributed by atoms with Crippen LogP contribution in [0, 0.1) is 6.92 Å². The molecule has 4 aromatic rings. The number of amides is 1. The third-order valence-electron chi connectivity index (χ3n) is 4.67. The number of fused-ring (bicyclic) bond motifs is 2. The summed E-state index contributed by atoms with van der Waals surface area (Å²) in [4.78, 5) is 17.5. The standard InChI is InChI=1S/C22H21N3O/c1-3-19-21(25-11-10-15(2)12-20(25)24-19)22(26)23-14-16-8-9-17-6-4-5-7-18(17)13-16/h4-13H,3,14H2,1-2H3,(H,23,26). The third kappa shape index (κ3) is 2.94. The van der Waals surface area contributed by atoms with Crippen molar-refractivity contribution in [2.75, 3.05) is 0 Å². The van der Waals surface area contributed by atoms with Crippen molar-refractivity contribution >= 4 is 22.3 Å². The van der Waals surface area contributed by atoms with E-state index in [1.54, 1.807) is 0 Å². The molecule has 0 spiro atoms. The van der Waals surface area contributed by atoms with Gasteiger partial charge in [0.1, 0.15) is 11.3 Å². The Balaban J connectivity index is 1.60. The van der Waals surface area contributed by atoms with E-state index < -0.39 is 0 Å². The van der Waals surface area contributed by atoms with Crippen molar-refractivity contribution < 1.29 is 4.79 Å². The monoisotopic (exact) mass is 343 g/mol. The maximum atomic E-state index is 12.8. The van der Waals surface area contributed by atoms with Crippen LogP contribution in [-0.2, 0) is 13.0 Å². The Bertz CT molecular complexity index is 1110. The quantitative estimate of drug-likeness (QED) is 0.601. The van der Waals surface area contributed by atoms with Gasteiger partial charge >= 0.3 is 0 Å². The second kappa shape index (κ2) is 6.64. The predicted octanol–water partition coefficient (Wildman–Crippen LogP) is 4.29. The second-order valence-corrected chi connectivity index (χ2v) is 6.56. The molecule has 2 aromatic carbocycles. The molecule has 4 nitrogen and oxygen atoms in total. The van der Waals surface area contributed by atoms with Crippen LogP contribution in [0.5, 0.6) is 0 Å². The van der Waals surface area contributed by atoms with E-state index in [0.29, 0.717) is 12.2 Å². The molecule has 0 radical (unpaired) electrons. The zero-order valence-electron chi connectivity index (χ0n) is 15.0. The van der Waals surface area contributed by atoms with E-state index in [2.05, 4.69) is 40.6 Å². The molecule has 0 saturated carbocycles. The third-order valence-corrected chi connectivity index (χ3v) is 4.67. The van der Waals surface area contributed by atoms with E-state index in [-0.39, 0.29) is 5.91 Å². The Morgan fingerprint density at radius 3 is 2.69 bits per heavy atom. The van der Waals surface area contributed by atoms with E-state index in [4.69, 9.17) is 0 Å². The van der Waals surface area contributed by atoms with Crippen LogP contribution in [0.4, 0.5) is 0 Å². The second-order valence-electron chi connectivity index (χ2n) is 6.56. The van der Waals surface area contributed by atoms with Gasteiger partial charge in [-0.05, 0) is 53.4 Å². The summed E-state index contributed by atoms with van der Waals surface area (Å²) >= 11 is 0. The highest BCUT2D eigenvalue weighted by molar-refractivity contribution is 5.94. The number of hydrogen-bond acceptors (Lipinski definition) is 2. The Kier molecular flexibility index (Phi) is 4.17. The fraction of sp³-hybridized carbons (Fsp3) is 0.182. The number of carbonyl (C=O) groups excluding carboxylic acids is 1. The number of imidazole rings is 1. The number of nitrogens with one attached hydrogen (secondary N) is 1. The number of aromatic nitrogens is 2. The van der Waals surface area contributed by atoms with Crippen molar-refractivity contribution in [2.45, 2.75) is 26.8 Å². The molecule has 2 heterocycles. The molecule has 0 bridgehead atoms. The van der Waals surface area contributed by atoms with Gasteiger partial charge in [0, 0.05) is 12.7 Å². The van der Waals surface area contributed by atoms with Crippen molar-refractivity contribution in [3.63, 3.8) is 0 Å². The molecule has 26 heavy (non-hydrogen) atoms. The maximum absolute atomic E-state index is 12.8. The van der Waals surface area contributed by atoms with Gasteiger partial charge in [0.2, 0.25) is 0 Å². The van der Waals surface area contributed by atoms with Gasteiger partial charge in [-0.15, -0.1) is 0 Å². The highest BCUT2D eigenvalue weighted by atomic mass is 16.1. The van der Waals surface area contributed by atoms with E-state index >= 15 is 0 Å². The summed E-state index contributed by atoms with van der Waals surface area (Å²) in [5.74, 6) is -0.0913. The van der Waals surface area contributed by atoms with Crippen LogP contribution in [-0.4, -0.2) is 15.3 Å². The topological polar surface area (TPSA) is 46.4 Å². The van der Waals surface area contributed by atoms with Crippen molar-refractivity contribution in [1.29, 1.82) is 0 Å². The molecule has 0 aliphatic rings. The summed E-state index contributed by atoms with van der Waals surface area (Å²) in [6.07, 6.45) is 2.64. The molecular weight excluding hydrogens is 322 g/mol. The van der Waals surface area contributed by atoms with Gasteiger partial charge in [-0.1, -0.05) is 43.3 Å². The van der Waals surface area contributed by atoms with Gasteiger partial charge in [0.05, 0.1) is 5.69 Å². The van der Waals surface area contributed by atoms with Crippen molar-refractivity contribution in [3.05, 3.63) is 83.3 Å². The lowest BCUT2D eigenvalue weighted by atomic mass is 10.1. The molecule has 0 fully saturated rings. The Labute approximate surface area is 152 Å². The summed E-state index contributed by atoms with van der Waals surface area (Å²) in [5, 5.41) is 5.43. The molecule has 130 valence electrons. The molecule has 0 atom stereocenters. The van der Waals surface area contributed by atoms with Gasteiger partial charge in [-0.2, -0.15) is 0 Å². The van der Waals surface area contributed by atoms with Crippen LogP contribution < -0.4 is 5.32 Å². The first kappa shape index (κ1) is 16.3. The number of rotatable bonds is 4. The molecule has 1 amide bonds. The molecule has 1 N–H and O–H groups in total. The number of benzene rings is 2. The number of pyridine rings is 1. The Morgan fingerprint density at radius 2 is 1.88 bits per heavy atom. The SMILES string of the molecule is CCc1nc2cc(C)ccn2c1C(=O)NCc1ccc2ccccc2c1.